The van der Waals surface area contributed by atoms with E-state index in [0.29, 0.717) is 6.61 Å². The molecule has 0 bridgehead atoms. The van der Waals surface area contributed by atoms with Gasteiger partial charge in [-0.1, -0.05) is 66.4 Å². The van der Waals surface area contributed by atoms with Gasteiger partial charge in [0.2, 0.25) is 0 Å². The molecule has 0 N–H and O–H groups in total. The van der Waals surface area contributed by atoms with E-state index in [9.17, 15) is 0 Å². The highest BCUT2D eigenvalue weighted by molar-refractivity contribution is 7.99. The number of benzene rings is 3. The molecule has 33 heavy (non-hydrogen) atoms. The Hall–Kier alpha value is -2.58. The average molecular weight is 483 g/mol. The number of morpholine rings is 1. The second-order valence-electron chi connectivity index (χ2n) is 7.64. The van der Waals surface area contributed by atoms with E-state index in [1.807, 2.05) is 42.5 Å². The van der Waals surface area contributed by atoms with Gasteiger partial charge in [0.15, 0.2) is 11.0 Å². The highest BCUT2D eigenvalue weighted by Gasteiger charge is 2.17. The van der Waals surface area contributed by atoms with Crippen LogP contribution in [0.1, 0.15) is 5.82 Å². The lowest BCUT2D eigenvalue weighted by atomic mass is 10.1. The van der Waals surface area contributed by atoms with Gasteiger partial charge in [0.25, 0.3) is 0 Å². The summed E-state index contributed by atoms with van der Waals surface area (Å²) < 4.78 is 13.8. The Labute approximate surface area is 204 Å². The number of fused-ring (bicyclic) bond motifs is 1. The summed E-state index contributed by atoms with van der Waals surface area (Å²) in [6, 6.07) is 24.6. The predicted octanol–water partition coefficient (Wildman–Crippen LogP) is 4.85. The summed E-state index contributed by atoms with van der Waals surface area (Å²) in [7, 11) is 0. The van der Waals surface area contributed by atoms with Crippen molar-refractivity contribution in [2.45, 2.75) is 11.8 Å². The molecule has 4 aromatic rings. The molecule has 1 fully saturated rings. The first-order valence-corrected chi connectivity index (χ1v) is 11.9. The lowest BCUT2D eigenvalue weighted by Gasteiger charge is -2.26. The fourth-order valence-electron chi connectivity index (χ4n) is 3.88. The number of ether oxygens (including phenoxy) is 2. The molecule has 0 unspecified atom stereocenters. The molecule has 1 aliphatic rings. The van der Waals surface area contributed by atoms with Crippen molar-refractivity contribution in [1.29, 1.82) is 0 Å². The van der Waals surface area contributed by atoms with Gasteiger partial charge in [-0.25, -0.2) is 0 Å². The normalized spacial score (nSPS) is 14.2. The molecule has 172 valence electrons. The zero-order valence-corrected chi connectivity index (χ0v) is 19.9. The molecule has 6 nitrogen and oxygen atoms in total. The maximum Gasteiger partial charge on any atom is 0.195 e. The molecule has 0 radical (unpaired) electrons. The van der Waals surface area contributed by atoms with Crippen LogP contribution in [0.5, 0.6) is 5.75 Å². The number of halogens is 1. The zero-order chi connectivity index (χ0) is 21.6. The van der Waals surface area contributed by atoms with Crippen LogP contribution in [0.15, 0.2) is 78.0 Å². The van der Waals surface area contributed by atoms with E-state index in [1.165, 1.54) is 0 Å². The van der Waals surface area contributed by atoms with E-state index in [1.54, 1.807) is 11.8 Å². The minimum Gasteiger partial charge on any atom is -0.485 e. The monoisotopic (exact) mass is 482 g/mol. The molecule has 0 spiro atoms. The van der Waals surface area contributed by atoms with Crippen LogP contribution >= 0.6 is 24.2 Å². The van der Waals surface area contributed by atoms with Crippen molar-refractivity contribution in [3.05, 3.63) is 78.6 Å². The second-order valence-corrected chi connectivity index (χ2v) is 8.70. The van der Waals surface area contributed by atoms with Crippen LogP contribution in [0.25, 0.3) is 16.5 Å². The van der Waals surface area contributed by atoms with Crippen LogP contribution in [-0.4, -0.2) is 58.3 Å². The highest BCUT2D eigenvalue weighted by Crippen LogP contribution is 2.27. The Bertz CT molecular complexity index is 1160. The van der Waals surface area contributed by atoms with Crippen molar-refractivity contribution < 1.29 is 9.47 Å². The third kappa shape index (κ3) is 5.68. The number of hydrogen-bond donors (Lipinski definition) is 0. The average Bonchev–Trinajstić information content (AvgIpc) is 3.26. The van der Waals surface area contributed by atoms with Crippen LogP contribution in [0, 0.1) is 0 Å². The fourth-order valence-corrected chi connectivity index (χ4v) is 4.85. The van der Waals surface area contributed by atoms with Crippen molar-refractivity contribution in [3.63, 3.8) is 0 Å². The Morgan fingerprint density at radius 2 is 1.64 bits per heavy atom. The topological polar surface area (TPSA) is 52.4 Å². The number of thioether (sulfide) groups is 1. The summed E-state index contributed by atoms with van der Waals surface area (Å²) in [6.45, 7) is 4.99. The SMILES string of the molecule is Cl.c1ccc(-n2c(COc3cccc4ccccc34)nnc2SCCN2CCOCC2)cc1. The van der Waals surface area contributed by atoms with Crippen molar-refractivity contribution in [3.8, 4) is 11.4 Å². The number of para-hydroxylation sites is 1. The maximum absolute atomic E-state index is 6.23. The Balaban J connectivity index is 0.00000259. The van der Waals surface area contributed by atoms with Gasteiger partial charge in [0.1, 0.15) is 12.4 Å². The summed E-state index contributed by atoms with van der Waals surface area (Å²) in [4.78, 5) is 2.43. The molecule has 1 aliphatic heterocycles. The summed E-state index contributed by atoms with van der Waals surface area (Å²) in [5.74, 6) is 2.60. The Morgan fingerprint density at radius 3 is 2.48 bits per heavy atom. The van der Waals surface area contributed by atoms with Crippen LogP contribution in [0.2, 0.25) is 0 Å². The zero-order valence-electron chi connectivity index (χ0n) is 18.3. The molecule has 1 aromatic heterocycles. The number of nitrogens with zero attached hydrogens (tertiary/aromatic N) is 4. The molecule has 3 aromatic carbocycles. The lowest BCUT2D eigenvalue weighted by molar-refractivity contribution is 0.0410. The predicted molar refractivity (Wildman–Crippen MR) is 135 cm³/mol. The standard InChI is InChI=1S/C25H26N4O2S.ClH/c1-2-9-21(10-3-1)29-24(19-31-23-12-6-8-20-7-4-5-11-22(20)23)26-27-25(29)32-18-15-28-13-16-30-17-14-28;/h1-12H,13-19H2;1H. The van der Waals surface area contributed by atoms with E-state index in [2.05, 4.69) is 50.0 Å². The first-order chi connectivity index (χ1) is 15.9. The third-order valence-electron chi connectivity index (χ3n) is 5.56. The van der Waals surface area contributed by atoms with E-state index in [4.69, 9.17) is 9.47 Å². The first-order valence-electron chi connectivity index (χ1n) is 10.9. The van der Waals surface area contributed by atoms with Gasteiger partial charge < -0.3 is 9.47 Å². The minimum atomic E-state index is 0. The summed E-state index contributed by atoms with van der Waals surface area (Å²) >= 11 is 1.73. The molecule has 8 heteroatoms. The maximum atomic E-state index is 6.23. The van der Waals surface area contributed by atoms with Gasteiger partial charge in [-0.05, 0) is 23.6 Å². The van der Waals surface area contributed by atoms with E-state index in [-0.39, 0.29) is 12.4 Å². The highest BCUT2D eigenvalue weighted by atomic mass is 35.5. The van der Waals surface area contributed by atoms with Crippen molar-refractivity contribution >= 4 is 34.9 Å². The van der Waals surface area contributed by atoms with Crippen LogP contribution in [0.3, 0.4) is 0 Å². The van der Waals surface area contributed by atoms with Crippen LogP contribution in [-0.2, 0) is 11.3 Å². The molecular weight excluding hydrogens is 456 g/mol. The number of hydrogen-bond acceptors (Lipinski definition) is 6. The lowest BCUT2D eigenvalue weighted by Crippen LogP contribution is -2.37. The summed E-state index contributed by atoms with van der Waals surface area (Å²) in [5, 5.41) is 12.1. The molecule has 2 heterocycles. The molecule has 0 atom stereocenters. The van der Waals surface area contributed by atoms with Gasteiger partial charge in [0, 0.05) is 36.5 Å². The Kier molecular flexibility index (Phi) is 8.23. The molecule has 5 rings (SSSR count). The quantitative estimate of drug-likeness (QED) is 0.335. The van der Waals surface area contributed by atoms with E-state index >= 15 is 0 Å². The fraction of sp³-hybridized carbons (Fsp3) is 0.280. The third-order valence-corrected chi connectivity index (χ3v) is 6.47. The molecular formula is C25H27ClN4O2S. The Morgan fingerprint density at radius 1 is 0.879 bits per heavy atom. The smallest absolute Gasteiger partial charge is 0.195 e. The van der Waals surface area contributed by atoms with Crippen molar-refractivity contribution in [2.24, 2.45) is 0 Å². The summed E-state index contributed by atoms with van der Waals surface area (Å²) in [6.07, 6.45) is 0. The molecule has 0 aliphatic carbocycles. The van der Waals surface area contributed by atoms with Crippen LogP contribution in [0.4, 0.5) is 0 Å². The summed E-state index contributed by atoms with van der Waals surface area (Å²) in [5.41, 5.74) is 1.04. The molecule has 0 saturated carbocycles. The van der Waals surface area contributed by atoms with Crippen molar-refractivity contribution in [2.75, 3.05) is 38.6 Å². The number of rotatable bonds is 8. The van der Waals surface area contributed by atoms with Gasteiger partial charge >= 0.3 is 0 Å². The van der Waals surface area contributed by atoms with E-state index < -0.39 is 0 Å². The van der Waals surface area contributed by atoms with Gasteiger partial charge in [0.05, 0.1) is 13.2 Å². The number of aromatic nitrogens is 3. The van der Waals surface area contributed by atoms with E-state index in [0.717, 1.165) is 71.8 Å². The molecule has 1 saturated heterocycles. The van der Waals surface area contributed by atoms with Gasteiger partial charge in [-0.15, -0.1) is 22.6 Å². The first kappa shape index (κ1) is 23.6. The minimum absolute atomic E-state index is 0. The van der Waals surface area contributed by atoms with Crippen LogP contribution < -0.4 is 4.74 Å². The largest absolute Gasteiger partial charge is 0.485 e. The van der Waals surface area contributed by atoms with Gasteiger partial charge in [-0.2, -0.15) is 0 Å². The van der Waals surface area contributed by atoms with Gasteiger partial charge in [-0.3, -0.25) is 9.47 Å². The van der Waals surface area contributed by atoms with Crippen molar-refractivity contribution in [1.82, 2.24) is 19.7 Å². The second kappa shape index (κ2) is 11.5. The molecule has 0 amide bonds.